The maximum absolute atomic E-state index is 6.53. The molecule has 1 aromatic heterocycles. The molecule has 1 aromatic carbocycles. The van der Waals surface area contributed by atoms with E-state index >= 15 is 0 Å². The number of pyridine rings is 1. The number of nitrogens with zero attached hydrogens (tertiary/aromatic N) is 1. The molecule has 20 heavy (non-hydrogen) atoms. The van der Waals surface area contributed by atoms with Crippen LogP contribution >= 0.6 is 15.9 Å². The second-order valence-electron chi connectivity index (χ2n) is 4.94. The van der Waals surface area contributed by atoms with Crippen molar-refractivity contribution in [2.75, 3.05) is 6.61 Å². The number of ether oxygens (including phenoxy) is 1. The van der Waals surface area contributed by atoms with Crippen LogP contribution in [0.4, 0.5) is 0 Å². The molecule has 0 aliphatic carbocycles. The third kappa shape index (κ3) is 3.19. The van der Waals surface area contributed by atoms with Crippen LogP contribution in [0.3, 0.4) is 0 Å². The molecule has 0 fully saturated rings. The molecule has 2 N–H and O–H groups in total. The van der Waals surface area contributed by atoms with Crippen LogP contribution in [-0.4, -0.2) is 11.6 Å². The van der Waals surface area contributed by atoms with Crippen LogP contribution in [0.25, 0.3) is 0 Å². The normalized spacial score (nSPS) is 13.8. The van der Waals surface area contributed by atoms with Gasteiger partial charge in [-0.25, -0.2) is 0 Å². The Kier molecular flexibility index (Phi) is 4.78. The summed E-state index contributed by atoms with van der Waals surface area (Å²) in [5.41, 5.74) is 7.86. The van der Waals surface area contributed by atoms with Crippen LogP contribution in [-0.2, 0) is 5.54 Å². The highest BCUT2D eigenvalue weighted by Crippen LogP contribution is 2.32. The molecule has 0 spiro atoms. The fraction of sp³-hybridized carbons (Fsp3) is 0.312. The van der Waals surface area contributed by atoms with Gasteiger partial charge < -0.3 is 10.5 Å². The SMILES string of the molecule is CCCOc1cncc(C(C)(N)c2ccccc2Br)c1. The Hall–Kier alpha value is -1.39. The topological polar surface area (TPSA) is 48.1 Å². The van der Waals surface area contributed by atoms with Crippen LogP contribution in [0.1, 0.15) is 31.4 Å². The van der Waals surface area contributed by atoms with Crippen molar-refractivity contribution in [2.45, 2.75) is 25.8 Å². The summed E-state index contributed by atoms with van der Waals surface area (Å²) in [6.45, 7) is 4.74. The van der Waals surface area contributed by atoms with E-state index in [1.54, 1.807) is 12.4 Å². The lowest BCUT2D eigenvalue weighted by Crippen LogP contribution is -2.34. The summed E-state index contributed by atoms with van der Waals surface area (Å²) in [7, 11) is 0. The number of halogens is 1. The molecule has 4 heteroatoms. The predicted molar refractivity (Wildman–Crippen MR) is 84.8 cm³/mol. The number of aromatic nitrogens is 1. The van der Waals surface area contributed by atoms with Crippen molar-refractivity contribution in [2.24, 2.45) is 5.73 Å². The maximum atomic E-state index is 6.53. The third-order valence-electron chi connectivity index (χ3n) is 3.22. The van der Waals surface area contributed by atoms with Gasteiger partial charge in [0.05, 0.1) is 18.3 Å². The zero-order chi connectivity index (χ0) is 14.6. The fourth-order valence-corrected chi connectivity index (χ4v) is 2.74. The first-order valence-corrected chi connectivity index (χ1v) is 7.47. The van der Waals surface area contributed by atoms with Gasteiger partial charge in [-0.3, -0.25) is 4.98 Å². The van der Waals surface area contributed by atoms with Gasteiger partial charge in [0, 0.05) is 10.7 Å². The van der Waals surface area contributed by atoms with Crippen molar-refractivity contribution in [1.82, 2.24) is 4.98 Å². The first-order valence-electron chi connectivity index (χ1n) is 6.68. The maximum Gasteiger partial charge on any atom is 0.137 e. The molecule has 0 saturated carbocycles. The molecule has 0 saturated heterocycles. The van der Waals surface area contributed by atoms with Crippen molar-refractivity contribution < 1.29 is 4.74 Å². The van der Waals surface area contributed by atoms with Gasteiger partial charge in [-0.2, -0.15) is 0 Å². The highest BCUT2D eigenvalue weighted by atomic mass is 79.9. The van der Waals surface area contributed by atoms with Crippen molar-refractivity contribution in [3.05, 3.63) is 58.3 Å². The molecule has 0 radical (unpaired) electrons. The number of hydrogen-bond acceptors (Lipinski definition) is 3. The van der Waals surface area contributed by atoms with Gasteiger partial charge in [-0.1, -0.05) is 41.1 Å². The summed E-state index contributed by atoms with van der Waals surface area (Å²) in [4.78, 5) is 4.24. The first kappa shape index (κ1) is 15.0. The van der Waals surface area contributed by atoms with Crippen LogP contribution in [0.15, 0.2) is 47.2 Å². The Morgan fingerprint density at radius 2 is 2.05 bits per heavy atom. The zero-order valence-corrected chi connectivity index (χ0v) is 13.4. The Morgan fingerprint density at radius 3 is 2.75 bits per heavy atom. The molecule has 0 amide bonds. The third-order valence-corrected chi connectivity index (χ3v) is 3.91. The lowest BCUT2D eigenvalue weighted by Gasteiger charge is -2.27. The second-order valence-corrected chi connectivity index (χ2v) is 5.79. The summed E-state index contributed by atoms with van der Waals surface area (Å²) in [6.07, 6.45) is 4.47. The Labute approximate surface area is 128 Å². The Bertz CT molecular complexity index is 584. The van der Waals surface area contributed by atoms with E-state index in [2.05, 4.69) is 27.8 Å². The van der Waals surface area contributed by atoms with Crippen molar-refractivity contribution in [3.63, 3.8) is 0 Å². The smallest absolute Gasteiger partial charge is 0.137 e. The molecule has 1 heterocycles. The van der Waals surface area contributed by atoms with E-state index in [0.29, 0.717) is 6.61 Å². The average molecular weight is 335 g/mol. The summed E-state index contributed by atoms with van der Waals surface area (Å²) in [5, 5.41) is 0. The van der Waals surface area contributed by atoms with E-state index in [0.717, 1.165) is 27.8 Å². The van der Waals surface area contributed by atoms with Crippen molar-refractivity contribution >= 4 is 15.9 Å². The molecule has 0 bridgehead atoms. The van der Waals surface area contributed by atoms with Gasteiger partial charge in [0.2, 0.25) is 0 Å². The van der Waals surface area contributed by atoms with Crippen LogP contribution in [0, 0.1) is 0 Å². The van der Waals surface area contributed by atoms with E-state index < -0.39 is 5.54 Å². The minimum atomic E-state index is -0.626. The first-order chi connectivity index (χ1) is 9.55. The van der Waals surface area contributed by atoms with Gasteiger partial charge in [-0.15, -0.1) is 0 Å². The zero-order valence-electron chi connectivity index (χ0n) is 11.8. The lowest BCUT2D eigenvalue weighted by molar-refractivity contribution is 0.315. The number of rotatable bonds is 5. The monoisotopic (exact) mass is 334 g/mol. The van der Waals surface area contributed by atoms with Gasteiger partial charge in [0.15, 0.2) is 0 Å². The van der Waals surface area contributed by atoms with E-state index in [9.17, 15) is 0 Å². The van der Waals surface area contributed by atoms with Crippen LogP contribution in [0.2, 0.25) is 0 Å². The molecule has 106 valence electrons. The molecule has 2 rings (SSSR count). The molecule has 1 unspecified atom stereocenters. The second kappa shape index (κ2) is 6.37. The molecule has 2 aromatic rings. The summed E-state index contributed by atoms with van der Waals surface area (Å²) >= 11 is 3.56. The predicted octanol–water partition coefficient (Wildman–Crippen LogP) is 3.86. The van der Waals surface area contributed by atoms with E-state index in [1.165, 1.54) is 0 Å². The molecular formula is C16H19BrN2O. The Morgan fingerprint density at radius 1 is 1.30 bits per heavy atom. The molecule has 0 aliphatic rings. The summed E-state index contributed by atoms with van der Waals surface area (Å²) in [5.74, 6) is 0.757. The lowest BCUT2D eigenvalue weighted by atomic mass is 9.86. The molecular weight excluding hydrogens is 316 g/mol. The highest BCUT2D eigenvalue weighted by Gasteiger charge is 2.26. The van der Waals surface area contributed by atoms with Gasteiger partial charge in [0.25, 0.3) is 0 Å². The van der Waals surface area contributed by atoms with Gasteiger partial charge in [-0.05, 0) is 36.6 Å². The highest BCUT2D eigenvalue weighted by molar-refractivity contribution is 9.10. The van der Waals surface area contributed by atoms with Crippen LogP contribution in [0.5, 0.6) is 5.75 Å². The van der Waals surface area contributed by atoms with Crippen LogP contribution < -0.4 is 10.5 Å². The van der Waals surface area contributed by atoms with E-state index in [-0.39, 0.29) is 0 Å². The minimum absolute atomic E-state index is 0.626. The number of nitrogens with two attached hydrogens (primary N) is 1. The van der Waals surface area contributed by atoms with E-state index in [4.69, 9.17) is 10.5 Å². The van der Waals surface area contributed by atoms with Gasteiger partial charge >= 0.3 is 0 Å². The Balaban J connectivity index is 2.36. The number of hydrogen-bond donors (Lipinski definition) is 1. The standard InChI is InChI=1S/C16H19BrN2O/c1-3-8-20-13-9-12(10-19-11-13)16(2,18)14-6-4-5-7-15(14)17/h4-7,9-11H,3,8,18H2,1-2H3. The molecule has 3 nitrogen and oxygen atoms in total. The quantitative estimate of drug-likeness (QED) is 0.903. The average Bonchev–Trinajstić information content (AvgIpc) is 2.45. The fourth-order valence-electron chi connectivity index (χ4n) is 2.04. The summed E-state index contributed by atoms with van der Waals surface area (Å²) in [6, 6.07) is 9.93. The minimum Gasteiger partial charge on any atom is -0.492 e. The van der Waals surface area contributed by atoms with Gasteiger partial charge in [0.1, 0.15) is 5.75 Å². The molecule has 1 atom stereocenters. The van der Waals surface area contributed by atoms with E-state index in [1.807, 2.05) is 37.3 Å². The molecule has 0 aliphatic heterocycles. The largest absolute Gasteiger partial charge is 0.492 e. The summed E-state index contributed by atoms with van der Waals surface area (Å²) < 4.78 is 6.62. The van der Waals surface area contributed by atoms with Crippen molar-refractivity contribution in [3.8, 4) is 5.75 Å². The van der Waals surface area contributed by atoms with Crippen molar-refractivity contribution in [1.29, 1.82) is 0 Å². The number of benzene rings is 1.